The molecule has 0 bridgehead atoms. The second-order valence-corrected chi connectivity index (χ2v) is 4.33. The molecule has 3 nitrogen and oxygen atoms in total. The van der Waals surface area contributed by atoms with Gasteiger partial charge in [-0.05, 0) is 24.3 Å². The lowest BCUT2D eigenvalue weighted by molar-refractivity contribution is -0.131. The van der Waals surface area contributed by atoms with Crippen LogP contribution in [0.4, 0.5) is 0 Å². The largest absolute Gasteiger partial charge is 0.478 e. The first kappa shape index (κ1) is 10.1. The fourth-order valence-corrected chi connectivity index (χ4v) is 2.28. The molecular weight excluding hydrogens is 234 g/mol. The first-order chi connectivity index (χ1) is 7.15. The molecule has 0 spiro atoms. The summed E-state index contributed by atoms with van der Waals surface area (Å²) in [7, 11) is 0. The van der Waals surface area contributed by atoms with E-state index in [4.69, 9.17) is 16.7 Å². The number of carboxylic acid groups (broad SMARTS) is 1. The summed E-state index contributed by atoms with van der Waals surface area (Å²) in [4.78, 5) is 14.5. The molecule has 0 radical (unpaired) electrons. The lowest BCUT2D eigenvalue weighted by atomic mass is 10.3. The van der Waals surface area contributed by atoms with Crippen LogP contribution >= 0.6 is 22.9 Å². The number of carbonyl (C=O) groups is 1. The highest BCUT2D eigenvalue weighted by Crippen LogP contribution is 2.25. The van der Waals surface area contributed by atoms with Gasteiger partial charge in [-0.25, -0.2) is 9.78 Å². The highest BCUT2D eigenvalue weighted by Gasteiger charge is 2.01. The van der Waals surface area contributed by atoms with E-state index in [0.29, 0.717) is 10.0 Å². The maximum atomic E-state index is 10.3. The molecule has 0 saturated carbocycles. The van der Waals surface area contributed by atoms with Crippen LogP contribution in [0, 0.1) is 0 Å². The van der Waals surface area contributed by atoms with Gasteiger partial charge in [-0.1, -0.05) is 11.6 Å². The Morgan fingerprint density at radius 1 is 1.53 bits per heavy atom. The van der Waals surface area contributed by atoms with Crippen LogP contribution in [0.3, 0.4) is 0 Å². The Morgan fingerprint density at radius 2 is 2.33 bits per heavy atom. The molecule has 0 aliphatic heterocycles. The lowest BCUT2D eigenvalue weighted by Crippen LogP contribution is -1.84. The Bertz CT molecular complexity index is 547. The standard InChI is InChI=1S/C10H6ClNO2S/c11-6-1-2-7-8(5-6)15-9(12-7)3-4-10(13)14/h1-5H,(H,13,14). The van der Waals surface area contributed by atoms with Crippen molar-refractivity contribution in [2.24, 2.45) is 0 Å². The maximum absolute atomic E-state index is 10.3. The first-order valence-corrected chi connectivity index (χ1v) is 5.32. The van der Waals surface area contributed by atoms with Crippen LogP contribution in [0.5, 0.6) is 0 Å². The van der Waals surface area contributed by atoms with Gasteiger partial charge in [-0.15, -0.1) is 11.3 Å². The second kappa shape index (κ2) is 4.00. The van der Waals surface area contributed by atoms with Crippen LogP contribution < -0.4 is 0 Å². The lowest BCUT2D eigenvalue weighted by Gasteiger charge is -1.86. The molecule has 1 heterocycles. The van der Waals surface area contributed by atoms with E-state index in [0.717, 1.165) is 16.3 Å². The zero-order valence-corrected chi connectivity index (χ0v) is 9.05. The molecule has 2 rings (SSSR count). The predicted octanol–water partition coefficient (Wildman–Crippen LogP) is 3.05. The molecule has 76 valence electrons. The third kappa shape index (κ3) is 2.34. The number of hydrogen-bond acceptors (Lipinski definition) is 3. The molecule has 0 atom stereocenters. The van der Waals surface area contributed by atoms with Crippen LogP contribution in [0.15, 0.2) is 24.3 Å². The highest BCUT2D eigenvalue weighted by atomic mass is 35.5. The van der Waals surface area contributed by atoms with Crippen LogP contribution in [0.1, 0.15) is 5.01 Å². The normalized spacial score (nSPS) is 11.3. The monoisotopic (exact) mass is 239 g/mol. The molecule has 0 aliphatic carbocycles. The molecule has 2 aromatic rings. The number of hydrogen-bond donors (Lipinski definition) is 1. The van der Waals surface area contributed by atoms with Gasteiger partial charge in [0.05, 0.1) is 10.2 Å². The van der Waals surface area contributed by atoms with E-state index in [1.807, 2.05) is 12.1 Å². The van der Waals surface area contributed by atoms with E-state index in [-0.39, 0.29) is 0 Å². The van der Waals surface area contributed by atoms with Gasteiger partial charge in [0.1, 0.15) is 5.01 Å². The number of nitrogens with zero attached hydrogens (tertiary/aromatic N) is 1. The summed E-state index contributed by atoms with van der Waals surface area (Å²) in [5.41, 5.74) is 0.828. The zero-order chi connectivity index (χ0) is 10.8. The maximum Gasteiger partial charge on any atom is 0.328 e. The number of fused-ring (bicyclic) bond motifs is 1. The minimum absolute atomic E-state index is 0.653. The molecule has 1 N–H and O–H groups in total. The molecule has 0 amide bonds. The molecule has 1 aromatic heterocycles. The number of carboxylic acids is 1. The van der Waals surface area contributed by atoms with Crippen molar-refractivity contribution in [3.8, 4) is 0 Å². The number of halogens is 1. The van der Waals surface area contributed by atoms with E-state index in [1.165, 1.54) is 17.4 Å². The van der Waals surface area contributed by atoms with Gasteiger partial charge in [-0.3, -0.25) is 0 Å². The molecule has 0 saturated heterocycles. The van der Waals surface area contributed by atoms with Crippen molar-refractivity contribution in [3.63, 3.8) is 0 Å². The van der Waals surface area contributed by atoms with E-state index in [9.17, 15) is 4.79 Å². The SMILES string of the molecule is O=C(O)C=Cc1nc2ccc(Cl)cc2s1. The quantitative estimate of drug-likeness (QED) is 0.820. The summed E-state index contributed by atoms with van der Waals surface area (Å²) in [6.45, 7) is 0. The summed E-state index contributed by atoms with van der Waals surface area (Å²) < 4.78 is 0.951. The van der Waals surface area contributed by atoms with Gasteiger partial charge >= 0.3 is 5.97 Å². The number of benzene rings is 1. The van der Waals surface area contributed by atoms with E-state index in [1.54, 1.807) is 6.07 Å². The van der Waals surface area contributed by atoms with Crippen LogP contribution in [-0.4, -0.2) is 16.1 Å². The Hall–Kier alpha value is -1.39. The van der Waals surface area contributed by atoms with E-state index in [2.05, 4.69) is 4.98 Å². The van der Waals surface area contributed by atoms with Gasteiger partial charge in [0.2, 0.25) is 0 Å². The van der Waals surface area contributed by atoms with Crippen molar-refractivity contribution < 1.29 is 9.90 Å². The summed E-state index contributed by atoms with van der Waals surface area (Å²) in [5.74, 6) is -0.979. The summed E-state index contributed by atoms with van der Waals surface area (Å²) >= 11 is 7.23. The Morgan fingerprint density at radius 3 is 3.07 bits per heavy atom. The van der Waals surface area contributed by atoms with E-state index >= 15 is 0 Å². The average Bonchev–Trinajstić information content (AvgIpc) is 2.56. The van der Waals surface area contributed by atoms with Gasteiger partial charge in [0.25, 0.3) is 0 Å². The van der Waals surface area contributed by atoms with Crippen molar-refractivity contribution in [1.29, 1.82) is 0 Å². The Labute approximate surface area is 94.6 Å². The third-order valence-electron chi connectivity index (χ3n) is 1.74. The van der Waals surface area contributed by atoms with Crippen LogP contribution in [0.2, 0.25) is 5.02 Å². The number of aliphatic carboxylic acids is 1. The molecule has 0 unspecified atom stereocenters. The van der Waals surface area contributed by atoms with Crippen molar-refractivity contribution in [2.45, 2.75) is 0 Å². The van der Waals surface area contributed by atoms with Crippen molar-refractivity contribution in [2.75, 3.05) is 0 Å². The molecule has 15 heavy (non-hydrogen) atoms. The van der Waals surface area contributed by atoms with Crippen LogP contribution in [-0.2, 0) is 4.79 Å². The van der Waals surface area contributed by atoms with E-state index < -0.39 is 5.97 Å². The Balaban J connectivity index is 2.43. The number of thiazole rings is 1. The average molecular weight is 240 g/mol. The van der Waals surface area contributed by atoms with Gasteiger partial charge < -0.3 is 5.11 Å². The molecule has 0 aliphatic rings. The minimum atomic E-state index is -0.979. The summed E-state index contributed by atoms with van der Waals surface area (Å²) in [6, 6.07) is 5.38. The summed E-state index contributed by atoms with van der Waals surface area (Å²) in [5, 5.41) is 9.78. The number of rotatable bonds is 2. The van der Waals surface area contributed by atoms with Crippen LogP contribution in [0.25, 0.3) is 16.3 Å². The first-order valence-electron chi connectivity index (χ1n) is 4.12. The smallest absolute Gasteiger partial charge is 0.328 e. The minimum Gasteiger partial charge on any atom is -0.478 e. The topological polar surface area (TPSA) is 50.2 Å². The van der Waals surface area contributed by atoms with Crippen molar-refractivity contribution >= 4 is 45.2 Å². The highest BCUT2D eigenvalue weighted by molar-refractivity contribution is 7.19. The fraction of sp³-hybridized carbons (Fsp3) is 0. The van der Waals surface area contributed by atoms with Gasteiger partial charge in [-0.2, -0.15) is 0 Å². The summed E-state index contributed by atoms with van der Waals surface area (Å²) in [6.07, 6.45) is 2.54. The molecule has 0 fully saturated rings. The zero-order valence-electron chi connectivity index (χ0n) is 7.48. The second-order valence-electron chi connectivity index (χ2n) is 2.84. The van der Waals surface area contributed by atoms with Gasteiger partial charge in [0.15, 0.2) is 0 Å². The van der Waals surface area contributed by atoms with Crippen molar-refractivity contribution in [1.82, 2.24) is 4.98 Å². The molecule has 1 aromatic carbocycles. The fourth-order valence-electron chi connectivity index (χ4n) is 1.13. The molecule has 5 heteroatoms. The van der Waals surface area contributed by atoms with Crippen molar-refractivity contribution in [3.05, 3.63) is 34.3 Å². The number of aromatic nitrogens is 1. The molecular formula is C10H6ClNO2S. The third-order valence-corrected chi connectivity index (χ3v) is 2.95. The van der Waals surface area contributed by atoms with Gasteiger partial charge in [0, 0.05) is 11.1 Å². The predicted molar refractivity (Wildman–Crippen MR) is 61.3 cm³/mol. The Kier molecular flexibility index (Phi) is 2.70.